The second kappa shape index (κ2) is 6.48. The predicted octanol–water partition coefficient (Wildman–Crippen LogP) is 2.66. The average Bonchev–Trinajstić information content (AvgIpc) is 2.89. The highest BCUT2D eigenvalue weighted by molar-refractivity contribution is 4.99. The number of rotatable bonds is 5. The van der Waals surface area contributed by atoms with Gasteiger partial charge in [0, 0.05) is 19.1 Å². The van der Waals surface area contributed by atoms with Crippen LogP contribution in [0.25, 0.3) is 0 Å². The molecule has 1 aromatic rings. The molecule has 19 heavy (non-hydrogen) atoms. The third kappa shape index (κ3) is 3.34. The SMILES string of the molecule is CNC1CCC(c2nc(C(OC)C(C)C)no2)CC1. The second-order valence-electron chi connectivity index (χ2n) is 5.73. The van der Waals surface area contributed by atoms with E-state index in [1.54, 1.807) is 7.11 Å². The van der Waals surface area contributed by atoms with Gasteiger partial charge in [-0.3, -0.25) is 0 Å². The van der Waals surface area contributed by atoms with Crippen LogP contribution in [-0.4, -0.2) is 30.3 Å². The summed E-state index contributed by atoms with van der Waals surface area (Å²) in [6, 6.07) is 0.640. The Morgan fingerprint density at radius 1 is 1.26 bits per heavy atom. The number of nitrogens with one attached hydrogen (secondary N) is 1. The molecule has 1 heterocycles. The molecular weight excluding hydrogens is 242 g/mol. The van der Waals surface area contributed by atoms with Gasteiger partial charge >= 0.3 is 0 Å². The van der Waals surface area contributed by atoms with Gasteiger partial charge in [0.25, 0.3) is 0 Å². The first kappa shape index (κ1) is 14.5. The van der Waals surface area contributed by atoms with E-state index < -0.39 is 0 Å². The van der Waals surface area contributed by atoms with Crippen LogP contribution >= 0.6 is 0 Å². The van der Waals surface area contributed by atoms with Gasteiger partial charge in [-0.15, -0.1) is 0 Å². The Balaban J connectivity index is 2.01. The quantitative estimate of drug-likeness (QED) is 0.888. The minimum atomic E-state index is -0.0776. The molecule has 108 valence electrons. The van der Waals surface area contributed by atoms with Gasteiger partial charge in [0.15, 0.2) is 0 Å². The molecule has 1 saturated carbocycles. The van der Waals surface area contributed by atoms with E-state index in [0.29, 0.717) is 23.7 Å². The molecule has 0 aromatic carbocycles. The fraction of sp³-hybridized carbons (Fsp3) is 0.857. The van der Waals surface area contributed by atoms with Crippen molar-refractivity contribution >= 4 is 0 Å². The van der Waals surface area contributed by atoms with Crippen LogP contribution in [0.1, 0.15) is 63.3 Å². The third-order valence-electron chi connectivity index (χ3n) is 4.06. The van der Waals surface area contributed by atoms with E-state index in [1.165, 1.54) is 12.8 Å². The average molecular weight is 267 g/mol. The third-order valence-corrected chi connectivity index (χ3v) is 4.06. The number of hydrogen-bond donors (Lipinski definition) is 1. The summed E-state index contributed by atoms with van der Waals surface area (Å²) in [5.41, 5.74) is 0. The second-order valence-corrected chi connectivity index (χ2v) is 5.73. The van der Waals surface area contributed by atoms with Crippen LogP contribution in [0.15, 0.2) is 4.52 Å². The Kier molecular flexibility index (Phi) is 4.93. The molecule has 1 unspecified atom stereocenters. The fourth-order valence-corrected chi connectivity index (χ4v) is 2.83. The molecule has 0 saturated heterocycles. The number of ether oxygens (including phenoxy) is 1. The summed E-state index contributed by atoms with van der Waals surface area (Å²) < 4.78 is 10.9. The summed E-state index contributed by atoms with van der Waals surface area (Å²) in [6.07, 6.45) is 4.51. The molecule has 0 aliphatic heterocycles. The van der Waals surface area contributed by atoms with E-state index in [1.807, 2.05) is 7.05 Å². The van der Waals surface area contributed by atoms with Gasteiger partial charge in [-0.25, -0.2) is 0 Å². The molecule has 1 N–H and O–H groups in total. The molecule has 5 nitrogen and oxygen atoms in total. The Morgan fingerprint density at radius 3 is 2.47 bits per heavy atom. The topological polar surface area (TPSA) is 60.2 Å². The van der Waals surface area contributed by atoms with Crippen molar-refractivity contribution in [3.63, 3.8) is 0 Å². The van der Waals surface area contributed by atoms with Crippen LogP contribution in [0.4, 0.5) is 0 Å². The highest BCUT2D eigenvalue weighted by Gasteiger charge is 2.28. The Labute approximate surface area is 115 Å². The van der Waals surface area contributed by atoms with E-state index in [-0.39, 0.29) is 6.10 Å². The number of aromatic nitrogens is 2. The van der Waals surface area contributed by atoms with Gasteiger partial charge in [0.05, 0.1) is 0 Å². The van der Waals surface area contributed by atoms with Gasteiger partial charge in [0.2, 0.25) is 11.7 Å². The molecule has 1 aromatic heterocycles. The van der Waals surface area contributed by atoms with Crippen LogP contribution in [-0.2, 0) is 4.74 Å². The zero-order valence-electron chi connectivity index (χ0n) is 12.3. The lowest BCUT2D eigenvalue weighted by Crippen LogP contribution is -2.29. The Bertz CT molecular complexity index is 384. The molecule has 1 atom stereocenters. The first-order valence-electron chi connectivity index (χ1n) is 7.19. The standard InChI is InChI=1S/C14H25N3O2/c1-9(2)12(18-4)13-16-14(19-17-13)10-5-7-11(15-3)8-6-10/h9-12,15H,5-8H2,1-4H3. The summed E-state index contributed by atoms with van der Waals surface area (Å²) >= 11 is 0. The van der Waals surface area contributed by atoms with Gasteiger partial charge < -0.3 is 14.6 Å². The van der Waals surface area contributed by atoms with Crippen LogP contribution in [0, 0.1) is 5.92 Å². The highest BCUT2D eigenvalue weighted by Crippen LogP contribution is 2.33. The maximum absolute atomic E-state index is 5.44. The van der Waals surface area contributed by atoms with E-state index in [0.717, 1.165) is 18.7 Å². The van der Waals surface area contributed by atoms with Crippen molar-refractivity contribution < 1.29 is 9.26 Å². The largest absolute Gasteiger partial charge is 0.373 e. The fourth-order valence-electron chi connectivity index (χ4n) is 2.83. The molecule has 0 amide bonds. The van der Waals surface area contributed by atoms with E-state index in [2.05, 4.69) is 29.3 Å². The van der Waals surface area contributed by atoms with Crippen molar-refractivity contribution in [2.24, 2.45) is 5.92 Å². The lowest BCUT2D eigenvalue weighted by Gasteiger charge is -2.25. The maximum atomic E-state index is 5.44. The normalized spacial score (nSPS) is 25.7. The lowest BCUT2D eigenvalue weighted by molar-refractivity contribution is 0.0555. The Hall–Kier alpha value is -0.940. The van der Waals surface area contributed by atoms with Crippen LogP contribution in [0.5, 0.6) is 0 Å². The molecule has 5 heteroatoms. The summed E-state index contributed by atoms with van der Waals surface area (Å²) in [5.74, 6) is 2.22. The molecule has 0 radical (unpaired) electrons. The molecule has 0 spiro atoms. The zero-order valence-corrected chi connectivity index (χ0v) is 12.3. The monoisotopic (exact) mass is 267 g/mol. The highest BCUT2D eigenvalue weighted by atomic mass is 16.5. The van der Waals surface area contributed by atoms with Crippen molar-refractivity contribution in [3.05, 3.63) is 11.7 Å². The summed E-state index contributed by atoms with van der Waals surface area (Å²) in [5, 5.41) is 7.43. The van der Waals surface area contributed by atoms with Gasteiger partial charge in [0.1, 0.15) is 6.10 Å². The number of methoxy groups -OCH3 is 1. The van der Waals surface area contributed by atoms with Crippen molar-refractivity contribution in [3.8, 4) is 0 Å². The number of hydrogen-bond acceptors (Lipinski definition) is 5. The van der Waals surface area contributed by atoms with E-state index in [9.17, 15) is 0 Å². The summed E-state index contributed by atoms with van der Waals surface area (Å²) in [4.78, 5) is 4.55. The molecular formula is C14H25N3O2. The van der Waals surface area contributed by atoms with Gasteiger partial charge in [-0.2, -0.15) is 4.98 Å². The Morgan fingerprint density at radius 2 is 1.95 bits per heavy atom. The smallest absolute Gasteiger partial charge is 0.229 e. The van der Waals surface area contributed by atoms with Crippen LogP contribution in [0.3, 0.4) is 0 Å². The molecule has 1 fully saturated rings. The minimum Gasteiger partial charge on any atom is -0.373 e. The van der Waals surface area contributed by atoms with Gasteiger partial charge in [-0.1, -0.05) is 19.0 Å². The molecule has 0 bridgehead atoms. The zero-order chi connectivity index (χ0) is 13.8. The lowest BCUT2D eigenvalue weighted by atomic mass is 9.86. The van der Waals surface area contributed by atoms with Crippen molar-refractivity contribution in [2.75, 3.05) is 14.2 Å². The molecule has 1 aliphatic carbocycles. The maximum Gasteiger partial charge on any atom is 0.229 e. The summed E-state index contributed by atoms with van der Waals surface area (Å²) in [6.45, 7) is 4.20. The first-order valence-corrected chi connectivity index (χ1v) is 7.19. The van der Waals surface area contributed by atoms with Crippen molar-refractivity contribution in [1.82, 2.24) is 15.5 Å². The van der Waals surface area contributed by atoms with Crippen molar-refractivity contribution in [2.45, 2.75) is 57.6 Å². The van der Waals surface area contributed by atoms with E-state index >= 15 is 0 Å². The van der Waals surface area contributed by atoms with Crippen molar-refractivity contribution in [1.29, 1.82) is 0 Å². The summed E-state index contributed by atoms with van der Waals surface area (Å²) in [7, 11) is 3.72. The molecule has 1 aliphatic rings. The van der Waals surface area contributed by atoms with E-state index in [4.69, 9.17) is 9.26 Å². The first-order chi connectivity index (χ1) is 9.15. The van der Waals surface area contributed by atoms with Gasteiger partial charge in [-0.05, 0) is 38.6 Å². The molecule has 2 rings (SSSR count). The predicted molar refractivity (Wildman–Crippen MR) is 72.9 cm³/mol. The van der Waals surface area contributed by atoms with Crippen LogP contribution in [0.2, 0.25) is 0 Å². The number of nitrogens with zero attached hydrogens (tertiary/aromatic N) is 2. The van der Waals surface area contributed by atoms with Crippen LogP contribution < -0.4 is 5.32 Å². The minimum absolute atomic E-state index is 0.0776.